The Morgan fingerprint density at radius 3 is 1.90 bits per heavy atom. The van der Waals surface area contributed by atoms with Crippen LogP contribution in [0.5, 0.6) is 0 Å². The third-order valence-corrected chi connectivity index (χ3v) is 4.71. The average molecular weight is 411 g/mol. The van der Waals surface area contributed by atoms with E-state index < -0.39 is 11.2 Å². The number of fused-ring (bicyclic) bond motifs is 1. The summed E-state index contributed by atoms with van der Waals surface area (Å²) in [6.45, 7) is 11.2. The Kier molecular flexibility index (Phi) is 7.97. The van der Waals surface area contributed by atoms with Crippen LogP contribution in [0.4, 0.5) is 9.59 Å². The Balaban J connectivity index is 0.000000208. The zero-order valence-corrected chi connectivity index (χ0v) is 18.7. The number of rotatable bonds is 2. The molecule has 2 N–H and O–H groups in total. The summed E-state index contributed by atoms with van der Waals surface area (Å²) in [5.41, 5.74) is -0.827. The molecule has 0 aromatic rings. The zero-order chi connectivity index (χ0) is 21.7. The molecule has 1 heterocycles. The molecule has 7 nitrogen and oxygen atoms in total. The van der Waals surface area contributed by atoms with Crippen LogP contribution in [0.15, 0.2) is 12.2 Å². The van der Waals surface area contributed by atoms with E-state index in [1.54, 1.807) is 0 Å². The van der Waals surface area contributed by atoms with Gasteiger partial charge in [0.25, 0.3) is 0 Å². The van der Waals surface area contributed by atoms with Gasteiger partial charge in [0.05, 0.1) is 12.2 Å². The van der Waals surface area contributed by atoms with Gasteiger partial charge in [-0.15, -0.1) is 0 Å². The molecule has 2 fully saturated rings. The van der Waals surface area contributed by atoms with Crippen LogP contribution < -0.4 is 10.6 Å². The van der Waals surface area contributed by atoms with Crippen molar-refractivity contribution in [2.24, 2.45) is 0 Å². The first-order valence-corrected chi connectivity index (χ1v) is 10.7. The van der Waals surface area contributed by atoms with Crippen molar-refractivity contribution in [1.29, 1.82) is 0 Å². The molecule has 0 unspecified atom stereocenters. The highest BCUT2D eigenvalue weighted by Gasteiger charge is 2.44. The second kappa shape index (κ2) is 9.83. The monoisotopic (exact) mass is 410 g/mol. The van der Waals surface area contributed by atoms with E-state index in [2.05, 4.69) is 22.8 Å². The van der Waals surface area contributed by atoms with Crippen LogP contribution in [0.25, 0.3) is 0 Å². The molecule has 2 amide bonds. The number of carbonyl (C=O) groups is 2. The van der Waals surface area contributed by atoms with E-state index in [1.165, 1.54) is 0 Å². The van der Waals surface area contributed by atoms with E-state index in [0.717, 1.165) is 38.5 Å². The van der Waals surface area contributed by atoms with E-state index in [1.807, 2.05) is 41.5 Å². The molecule has 0 aromatic heterocycles. The molecule has 0 spiro atoms. The molecule has 0 aromatic carbocycles. The maximum atomic E-state index is 11.5. The summed E-state index contributed by atoms with van der Waals surface area (Å²) in [5, 5.41) is 5.75. The first-order valence-electron chi connectivity index (χ1n) is 10.7. The molecule has 1 saturated carbocycles. The SMILES string of the molecule is CC(C)(C)OC(=O)N[C@@H]1CC[C@@H]2O[C@@H]2C1.CC(C)(C)OC(=O)N[C@H]1CC=CCC1. The lowest BCUT2D eigenvalue weighted by Gasteiger charge is -2.24. The van der Waals surface area contributed by atoms with E-state index in [4.69, 9.17) is 14.2 Å². The number of hydrogen-bond acceptors (Lipinski definition) is 5. The number of hydrogen-bond donors (Lipinski definition) is 2. The predicted molar refractivity (Wildman–Crippen MR) is 112 cm³/mol. The molecule has 2 aliphatic carbocycles. The van der Waals surface area contributed by atoms with Gasteiger partial charge in [0.15, 0.2) is 0 Å². The summed E-state index contributed by atoms with van der Waals surface area (Å²) < 4.78 is 15.8. The van der Waals surface area contributed by atoms with Crippen LogP contribution in [0, 0.1) is 0 Å². The fourth-order valence-electron chi connectivity index (χ4n) is 3.41. The highest BCUT2D eigenvalue weighted by molar-refractivity contribution is 5.68. The summed E-state index contributed by atoms with van der Waals surface area (Å²) >= 11 is 0. The van der Waals surface area contributed by atoms with Gasteiger partial charge < -0.3 is 24.8 Å². The van der Waals surface area contributed by atoms with Crippen molar-refractivity contribution >= 4 is 12.2 Å². The normalized spacial score (nSPS) is 28.2. The molecule has 166 valence electrons. The van der Waals surface area contributed by atoms with Crippen molar-refractivity contribution in [1.82, 2.24) is 10.6 Å². The zero-order valence-electron chi connectivity index (χ0n) is 18.7. The van der Waals surface area contributed by atoms with Crippen LogP contribution in [0.3, 0.4) is 0 Å². The number of allylic oxidation sites excluding steroid dienone is 1. The summed E-state index contributed by atoms with van der Waals surface area (Å²) in [6, 6.07) is 0.471. The molecule has 3 aliphatic rings. The second-order valence-corrected chi connectivity index (χ2v) is 10.00. The third kappa shape index (κ3) is 10.0. The average Bonchev–Trinajstić information content (AvgIpc) is 3.31. The van der Waals surface area contributed by atoms with Gasteiger partial charge in [-0.1, -0.05) is 12.2 Å². The Morgan fingerprint density at radius 2 is 1.41 bits per heavy atom. The molecule has 29 heavy (non-hydrogen) atoms. The minimum atomic E-state index is -0.419. The lowest BCUT2D eigenvalue weighted by atomic mass is 9.96. The second-order valence-electron chi connectivity index (χ2n) is 10.00. The molecule has 0 bridgehead atoms. The van der Waals surface area contributed by atoms with E-state index in [-0.39, 0.29) is 24.3 Å². The van der Waals surface area contributed by atoms with Crippen LogP contribution in [0.2, 0.25) is 0 Å². The highest BCUT2D eigenvalue weighted by atomic mass is 16.6. The fraction of sp³-hybridized carbons (Fsp3) is 0.818. The van der Waals surface area contributed by atoms with Gasteiger partial charge in [-0.2, -0.15) is 0 Å². The quantitative estimate of drug-likeness (QED) is 0.518. The van der Waals surface area contributed by atoms with E-state index in [0.29, 0.717) is 12.2 Å². The maximum absolute atomic E-state index is 11.5. The van der Waals surface area contributed by atoms with Gasteiger partial charge in [0.1, 0.15) is 11.2 Å². The van der Waals surface area contributed by atoms with Crippen LogP contribution in [-0.2, 0) is 14.2 Å². The molecular weight excluding hydrogens is 372 g/mol. The van der Waals surface area contributed by atoms with Gasteiger partial charge in [0.2, 0.25) is 0 Å². The van der Waals surface area contributed by atoms with Gasteiger partial charge in [0, 0.05) is 12.1 Å². The number of carbonyl (C=O) groups excluding carboxylic acids is 2. The third-order valence-electron chi connectivity index (χ3n) is 4.71. The standard InChI is InChI=1S/C11H19NO3.C11H19NO2/c1-11(2,3)15-10(13)12-7-4-5-8-9(6-7)14-8;1-11(2,3)14-10(13)12-9-7-5-4-6-8-9/h7-9H,4-6H2,1-3H3,(H,12,13);4-5,9H,6-8H2,1-3H3,(H,12,13)/t7-,8+,9-;9-/m10/s1. The van der Waals surface area contributed by atoms with Gasteiger partial charge in [-0.05, 0) is 80.1 Å². The molecule has 0 radical (unpaired) electrons. The van der Waals surface area contributed by atoms with E-state index in [9.17, 15) is 9.59 Å². The summed E-state index contributed by atoms with van der Waals surface area (Å²) in [4.78, 5) is 22.8. The van der Waals surface area contributed by atoms with Crippen LogP contribution in [0.1, 0.15) is 80.1 Å². The van der Waals surface area contributed by atoms with Crippen LogP contribution in [-0.4, -0.2) is 47.7 Å². The summed E-state index contributed by atoms with van der Waals surface area (Å²) in [6.07, 6.45) is 10.5. The lowest BCUT2D eigenvalue weighted by Crippen LogP contribution is -2.41. The molecule has 4 atom stereocenters. The molecule has 7 heteroatoms. The molecule has 1 aliphatic heterocycles. The smallest absolute Gasteiger partial charge is 0.407 e. The fourth-order valence-corrected chi connectivity index (χ4v) is 3.41. The summed E-state index contributed by atoms with van der Waals surface area (Å²) in [5.74, 6) is 0. The molecular formula is C22H38N2O5. The summed E-state index contributed by atoms with van der Waals surface area (Å²) in [7, 11) is 0. The van der Waals surface area contributed by atoms with Crippen molar-refractivity contribution in [2.75, 3.05) is 0 Å². The number of ether oxygens (including phenoxy) is 3. The number of epoxide rings is 1. The Morgan fingerprint density at radius 1 is 0.828 bits per heavy atom. The van der Waals surface area contributed by atoms with Gasteiger partial charge >= 0.3 is 12.2 Å². The number of nitrogens with one attached hydrogen (secondary N) is 2. The minimum absolute atomic E-state index is 0.226. The Hall–Kier alpha value is -1.76. The number of alkyl carbamates (subject to hydrolysis) is 2. The topological polar surface area (TPSA) is 89.2 Å². The van der Waals surface area contributed by atoms with Crippen molar-refractivity contribution in [3.63, 3.8) is 0 Å². The number of amides is 2. The minimum Gasteiger partial charge on any atom is -0.444 e. The molecule has 3 rings (SSSR count). The van der Waals surface area contributed by atoms with Crippen molar-refractivity contribution < 1.29 is 23.8 Å². The first kappa shape index (κ1) is 23.5. The largest absolute Gasteiger partial charge is 0.444 e. The van der Waals surface area contributed by atoms with Crippen molar-refractivity contribution in [3.05, 3.63) is 12.2 Å². The van der Waals surface area contributed by atoms with E-state index >= 15 is 0 Å². The van der Waals surface area contributed by atoms with Gasteiger partial charge in [-0.3, -0.25) is 0 Å². The Bertz CT molecular complexity index is 591. The predicted octanol–water partition coefficient (Wildman–Crippen LogP) is 4.45. The van der Waals surface area contributed by atoms with Crippen molar-refractivity contribution in [2.45, 2.75) is 116 Å². The maximum Gasteiger partial charge on any atom is 0.407 e. The highest BCUT2D eigenvalue weighted by Crippen LogP contribution is 2.36. The van der Waals surface area contributed by atoms with Gasteiger partial charge in [-0.25, -0.2) is 9.59 Å². The van der Waals surface area contributed by atoms with Crippen molar-refractivity contribution in [3.8, 4) is 0 Å². The Labute approximate surface area is 174 Å². The van der Waals surface area contributed by atoms with Crippen LogP contribution >= 0.6 is 0 Å². The first-order chi connectivity index (χ1) is 13.4. The lowest BCUT2D eigenvalue weighted by molar-refractivity contribution is 0.0486. The molecule has 1 saturated heterocycles.